The second-order valence-corrected chi connectivity index (χ2v) is 6.99. The molecule has 0 aliphatic heterocycles. The molecular weight excluding hydrogens is 369 g/mol. The lowest BCUT2D eigenvalue weighted by Crippen LogP contribution is -2.22. The Balaban J connectivity index is 1.94. The topological polar surface area (TPSA) is 39.3 Å². The fourth-order valence-electron chi connectivity index (χ4n) is 3.00. The van der Waals surface area contributed by atoms with Crippen LogP contribution >= 0.6 is 23.2 Å². The summed E-state index contributed by atoms with van der Waals surface area (Å²) >= 11 is 12.2. The Bertz CT molecular complexity index is 1160. The molecule has 4 aromatic rings. The van der Waals surface area contributed by atoms with E-state index in [0.717, 1.165) is 22.6 Å². The van der Waals surface area contributed by atoms with E-state index in [2.05, 4.69) is 0 Å². The van der Waals surface area contributed by atoms with Gasteiger partial charge in [0.1, 0.15) is 5.65 Å². The van der Waals surface area contributed by atoms with E-state index >= 15 is 0 Å². The van der Waals surface area contributed by atoms with Gasteiger partial charge in [-0.05, 0) is 37.3 Å². The van der Waals surface area contributed by atoms with Gasteiger partial charge in [0.25, 0.3) is 5.56 Å². The van der Waals surface area contributed by atoms with Crippen LogP contribution in [-0.2, 0) is 6.54 Å². The van der Waals surface area contributed by atoms with Gasteiger partial charge in [-0.1, -0.05) is 41.4 Å². The van der Waals surface area contributed by atoms with Crippen LogP contribution in [0.25, 0.3) is 16.9 Å². The summed E-state index contributed by atoms with van der Waals surface area (Å²) in [7, 11) is 0. The summed E-state index contributed by atoms with van der Waals surface area (Å²) in [6.07, 6.45) is 3.60. The van der Waals surface area contributed by atoms with Gasteiger partial charge in [0.2, 0.25) is 0 Å². The van der Waals surface area contributed by atoms with Gasteiger partial charge in [-0.3, -0.25) is 4.79 Å². The number of hydrogen-bond acceptors (Lipinski definition) is 2. The lowest BCUT2D eigenvalue weighted by atomic mass is 10.1. The molecule has 0 aliphatic carbocycles. The molecule has 0 N–H and O–H groups in total. The van der Waals surface area contributed by atoms with Crippen molar-refractivity contribution in [2.75, 3.05) is 0 Å². The SMILES string of the molecule is Cc1cccn(Cc2c(-c3ccc(Cl)cc3)nc3ccc(Cl)cn23)c1=O. The van der Waals surface area contributed by atoms with Crippen LogP contribution < -0.4 is 5.56 Å². The largest absolute Gasteiger partial charge is 0.309 e. The maximum atomic E-state index is 12.5. The summed E-state index contributed by atoms with van der Waals surface area (Å²) in [5.74, 6) is 0. The van der Waals surface area contributed by atoms with Crippen molar-refractivity contribution in [1.29, 1.82) is 0 Å². The molecule has 0 radical (unpaired) electrons. The lowest BCUT2D eigenvalue weighted by molar-refractivity contribution is 0.729. The Morgan fingerprint density at radius 1 is 1.00 bits per heavy atom. The zero-order valence-electron chi connectivity index (χ0n) is 14.0. The van der Waals surface area contributed by atoms with Crippen LogP contribution in [0.2, 0.25) is 10.0 Å². The van der Waals surface area contributed by atoms with Crippen molar-refractivity contribution in [2.24, 2.45) is 0 Å². The molecule has 6 heteroatoms. The first-order chi connectivity index (χ1) is 12.5. The molecule has 130 valence electrons. The number of benzene rings is 1. The molecular formula is C20H15Cl2N3O. The normalized spacial score (nSPS) is 11.2. The quantitative estimate of drug-likeness (QED) is 0.508. The van der Waals surface area contributed by atoms with Gasteiger partial charge < -0.3 is 8.97 Å². The second kappa shape index (κ2) is 6.63. The van der Waals surface area contributed by atoms with Crippen LogP contribution in [-0.4, -0.2) is 14.0 Å². The smallest absolute Gasteiger partial charge is 0.253 e. The maximum absolute atomic E-state index is 12.5. The molecule has 0 amide bonds. The van der Waals surface area contributed by atoms with Crippen molar-refractivity contribution in [3.63, 3.8) is 0 Å². The third kappa shape index (κ3) is 3.02. The van der Waals surface area contributed by atoms with Gasteiger partial charge in [0.05, 0.1) is 23.0 Å². The maximum Gasteiger partial charge on any atom is 0.253 e. The van der Waals surface area contributed by atoms with E-state index in [4.69, 9.17) is 28.2 Å². The van der Waals surface area contributed by atoms with Gasteiger partial charge >= 0.3 is 0 Å². The molecule has 0 atom stereocenters. The van der Waals surface area contributed by atoms with Gasteiger partial charge in [-0.25, -0.2) is 4.98 Å². The van der Waals surface area contributed by atoms with Crippen LogP contribution in [0, 0.1) is 6.92 Å². The molecule has 0 aliphatic rings. The van der Waals surface area contributed by atoms with E-state index in [-0.39, 0.29) is 5.56 Å². The summed E-state index contributed by atoms with van der Waals surface area (Å²) in [4.78, 5) is 17.2. The number of aryl methyl sites for hydroxylation is 1. The van der Waals surface area contributed by atoms with E-state index in [0.29, 0.717) is 22.2 Å². The van der Waals surface area contributed by atoms with Crippen LogP contribution in [0.1, 0.15) is 11.3 Å². The molecule has 26 heavy (non-hydrogen) atoms. The van der Waals surface area contributed by atoms with Crippen LogP contribution in [0.5, 0.6) is 0 Å². The van der Waals surface area contributed by atoms with Crippen molar-refractivity contribution < 1.29 is 0 Å². The highest BCUT2D eigenvalue weighted by Gasteiger charge is 2.15. The number of rotatable bonds is 3. The number of aromatic nitrogens is 3. The number of fused-ring (bicyclic) bond motifs is 1. The fourth-order valence-corrected chi connectivity index (χ4v) is 3.29. The van der Waals surface area contributed by atoms with Crippen molar-refractivity contribution in [1.82, 2.24) is 14.0 Å². The summed E-state index contributed by atoms with van der Waals surface area (Å²) in [6.45, 7) is 2.20. The summed E-state index contributed by atoms with van der Waals surface area (Å²) < 4.78 is 3.61. The standard InChI is InChI=1S/C20H15Cl2N3O/c1-13-3-2-10-24(20(13)26)12-17-19(14-4-6-15(21)7-5-14)23-18-9-8-16(22)11-25(17)18/h2-11H,12H2,1H3. The Labute approximate surface area is 160 Å². The fraction of sp³-hybridized carbons (Fsp3) is 0.100. The molecule has 4 nitrogen and oxygen atoms in total. The average molecular weight is 384 g/mol. The first-order valence-corrected chi connectivity index (χ1v) is 8.87. The Kier molecular flexibility index (Phi) is 4.31. The molecule has 0 saturated heterocycles. The molecule has 0 bridgehead atoms. The second-order valence-electron chi connectivity index (χ2n) is 6.11. The Hall–Kier alpha value is -2.56. The number of imidazole rings is 1. The predicted octanol–water partition coefficient (Wildman–Crippen LogP) is 4.83. The predicted molar refractivity (Wildman–Crippen MR) is 105 cm³/mol. The molecule has 4 rings (SSSR count). The summed E-state index contributed by atoms with van der Waals surface area (Å²) in [6, 6.07) is 14.9. The molecule has 3 aromatic heterocycles. The third-order valence-electron chi connectivity index (χ3n) is 4.33. The minimum absolute atomic E-state index is 0.0217. The highest BCUT2D eigenvalue weighted by Crippen LogP contribution is 2.27. The number of halogens is 2. The number of hydrogen-bond donors (Lipinski definition) is 0. The molecule has 0 saturated carbocycles. The highest BCUT2D eigenvalue weighted by molar-refractivity contribution is 6.30. The van der Waals surface area contributed by atoms with E-state index in [1.165, 1.54) is 0 Å². The highest BCUT2D eigenvalue weighted by atomic mass is 35.5. The summed E-state index contributed by atoms with van der Waals surface area (Å²) in [5.41, 5.74) is 4.08. The van der Waals surface area contributed by atoms with Gasteiger partial charge in [-0.15, -0.1) is 0 Å². The zero-order valence-corrected chi connectivity index (χ0v) is 15.5. The number of nitrogens with zero attached hydrogens (tertiary/aromatic N) is 3. The van der Waals surface area contributed by atoms with Crippen LogP contribution in [0.15, 0.2) is 65.7 Å². The van der Waals surface area contributed by atoms with Crippen molar-refractivity contribution in [3.05, 3.63) is 92.6 Å². The summed E-state index contributed by atoms with van der Waals surface area (Å²) in [5, 5.41) is 1.27. The van der Waals surface area contributed by atoms with E-state index in [1.807, 2.05) is 60.0 Å². The van der Waals surface area contributed by atoms with Crippen molar-refractivity contribution >= 4 is 28.8 Å². The van der Waals surface area contributed by atoms with E-state index in [9.17, 15) is 4.79 Å². The first kappa shape index (κ1) is 16.9. The molecule has 1 aromatic carbocycles. The Morgan fingerprint density at radius 2 is 1.73 bits per heavy atom. The van der Waals surface area contributed by atoms with Gasteiger partial charge in [0.15, 0.2) is 0 Å². The molecule has 0 spiro atoms. The van der Waals surface area contributed by atoms with Gasteiger partial charge in [0, 0.05) is 28.5 Å². The molecule has 0 fully saturated rings. The van der Waals surface area contributed by atoms with Crippen LogP contribution in [0.3, 0.4) is 0 Å². The van der Waals surface area contributed by atoms with Crippen LogP contribution in [0.4, 0.5) is 0 Å². The zero-order chi connectivity index (χ0) is 18.3. The number of pyridine rings is 2. The molecule has 3 heterocycles. The van der Waals surface area contributed by atoms with E-state index in [1.54, 1.807) is 16.8 Å². The minimum atomic E-state index is -0.0217. The van der Waals surface area contributed by atoms with E-state index < -0.39 is 0 Å². The van der Waals surface area contributed by atoms with Crippen molar-refractivity contribution in [2.45, 2.75) is 13.5 Å². The minimum Gasteiger partial charge on any atom is -0.309 e. The van der Waals surface area contributed by atoms with Crippen molar-refractivity contribution in [3.8, 4) is 11.3 Å². The lowest BCUT2D eigenvalue weighted by Gasteiger charge is -2.09. The molecule has 0 unspecified atom stereocenters. The van der Waals surface area contributed by atoms with Gasteiger partial charge in [-0.2, -0.15) is 0 Å². The monoisotopic (exact) mass is 383 g/mol. The first-order valence-electron chi connectivity index (χ1n) is 8.11. The Morgan fingerprint density at radius 3 is 2.50 bits per heavy atom. The third-order valence-corrected chi connectivity index (χ3v) is 4.81. The average Bonchev–Trinajstić information content (AvgIpc) is 2.97.